The van der Waals surface area contributed by atoms with Gasteiger partial charge in [0.2, 0.25) is 5.91 Å². The molecule has 102 valence electrons. The van der Waals surface area contributed by atoms with Crippen molar-refractivity contribution in [2.45, 2.75) is 58.1 Å². The molecule has 0 bridgehead atoms. The first kappa shape index (κ1) is 13.5. The standard InChI is InChI=1S/C14H23NO3/c1-3-13-12(6-8-18-13)14(17)15-7-4-5-11(15)9-10(2)16/h11-13H,3-9H2,1-2H3. The van der Waals surface area contributed by atoms with Crippen molar-refractivity contribution >= 4 is 11.7 Å². The first-order chi connectivity index (χ1) is 8.63. The molecular weight excluding hydrogens is 230 g/mol. The smallest absolute Gasteiger partial charge is 0.228 e. The van der Waals surface area contributed by atoms with Gasteiger partial charge < -0.3 is 9.64 Å². The molecule has 0 N–H and O–H groups in total. The van der Waals surface area contributed by atoms with Crippen molar-refractivity contribution in [3.8, 4) is 0 Å². The van der Waals surface area contributed by atoms with Crippen LogP contribution in [0.1, 0.15) is 46.0 Å². The lowest BCUT2D eigenvalue weighted by molar-refractivity contribution is -0.138. The van der Waals surface area contributed by atoms with Crippen LogP contribution in [0.3, 0.4) is 0 Å². The normalized spacial score (nSPS) is 31.9. The average molecular weight is 253 g/mol. The molecule has 4 heteroatoms. The molecular formula is C14H23NO3. The van der Waals surface area contributed by atoms with E-state index in [2.05, 4.69) is 6.92 Å². The van der Waals surface area contributed by atoms with Crippen LogP contribution in [-0.2, 0) is 14.3 Å². The Morgan fingerprint density at radius 1 is 1.33 bits per heavy atom. The maximum absolute atomic E-state index is 12.5. The van der Waals surface area contributed by atoms with Gasteiger partial charge in [-0.05, 0) is 32.6 Å². The first-order valence-corrected chi connectivity index (χ1v) is 7.05. The van der Waals surface area contributed by atoms with Gasteiger partial charge >= 0.3 is 0 Å². The molecule has 2 aliphatic rings. The van der Waals surface area contributed by atoms with Crippen LogP contribution < -0.4 is 0 Å². The lowest BCUT2D eigenvalue weighted by Gasteiger charge is -2.28. The summed E-state index contributed by atoms with van der Waals surface area (Å²) in [5.74, 6) is 0.403. The summed E-state index contributed by atoms with van der Waals surface area (Å²) in [5.41, 5.74) is 0. The topological polar surface area (TPSA) is 46.6 Å². The number of nitrogens with zero attached hydrogens (tertiary/aromatic N) is 1. The molecule has 0 radical (unpaired) electrons. The van der Waals surface area contributed by atoms with Gasteiger partial charge in [0.15, 0.2) is 0 Å². The summed E-state index contributed by atoms with van der Waals surface area (Å²) in [4.78, 5) is 25.7. The highest BCUT2D eigenvalue weighted by atomic mass is 16.5. The number of Topliss-reactive ketones (excluding diaryl/α,β-unsaturated/α-hetero) is 1. The fourth-order valence-electron chi connectivity index (χ4n) is 3.22. The minimum absolute atomic E-state index is 0.0163. The van der Waals surface area contributed by atoms with Crippen molar-refractivity contribution in [3.63, 3.8) is 0 Å². The molecule has 18 heavy (non-hydrogen) atoms. The molecule has 0 aromatic rings. The van der Waals surface area contributed by atoms with Gasteiger partial charge in [-0.3, -0.25) is 9.59 Å². The van der Waals surface area contributed by atoms with E-state index in [1.54, 1.807) is 6.92 Å². The van der Waals surface area contributed by atoms with Crippen LogP contribution in [0, 0.1) is 5.92 Å². The van der Waals surface area contributed by atoms with Crippen molar-refractivity contribution < 1.29 is 14.3 Å². The van der Waals surface area contributed by atoms with Gasteiger partial charge in [-0.15, -0.1) is 0 Å². The third-order valence-electron chi connectivity index (χ3n) is 4.11. The molecule has 2 aliphatic heterocycles. The average Bonchev–Trinajstić information content (AvgIpc) is 2.95. The number of ketones is 1. The van der Waals surface area contributed by atoms with Crippen molar-refractivity contribution in [1.29, 1.82) is 0 Å². The van der Waals surface area contributed by atoms with Crippen molar-refractivity contribution in [3.05, 3.63) is 0 Å². The number of amides is 1. The van der Waals surface area contributed by atoms with Gasteiger partial charge in [-0.1, -0.05) is 6.92 Å². The highest BCUT2D eigenvalue weighted by molar-refractivity contribution is 5.82. The summed E-state index contributed by atoms with van der Waals surface area (Å²) in [6.07, 6.45) is 4.30. The molecule has 0 aromatic heterocycles. The SMILES string of the molecule is CCC1OCCC1C(=O)N1CCCC1CC(C)=O. The quantitative estimate of drug-likeness (QED) is 0.767. The maximum Gasteiger partial charge on any atom is 0.228 e. The van der Waals surface area contributed by atoms with Crippen molar-refractivity contribution in [2.75, 3.05) is 13.2 Å². The molecule has 4 nitrogen and oxygen atoms in total. The summed E-state index contributed by atoms with van der Waals surface area (Å²) >= 11 is 0. The zero-order valence-corrected chi connectivity index (χ0v) is 11.4. The fourth-order valence-corrected chi connectivity index (χ4v) is 3.22. The van der Waals surface area contributed by atoms with E-state index in [4.69, 9.17) is 4.74 Å². The lowest BCUT2D eigenvalue weighted by Crippen LogP contribution is -2.42. The van der Waals surface area contributed by atoms with Gasteiger partial charge in [0.25, 0.3) is 0 Å². The van der Waals surface area contributed by atoms with Gasteiger partial charge in [-0.25, -0.2) is 0 Å². The van der Waals surface area contributed by atoms with Gasteiger partial charge in [0.05, 0.1) is 12.0 Å². The van der Waals surface area contributed by atoms with E-state index in [1.165, 1.54) is 0 Å². The van der Waals surface area contributed by atoms with E-state index in [0.717, 1.165) is 32.2 Å². The predicted octanol–water partition coefficient (Wildman–Crippen LogP) is 1.77. The van der Waals surface area contributed by atoms with Crippen LogP contribution in [0.5, 0.6) is 0 Å². The molecule has 0 saturated carbocycles. The Bertz CT molecular complexity index is 329. The number of rotatable bonds is 4. The van der Waals surface area contributed by atoms with Gasteiger partial charge in [0, 0.05) is 25.6 Å². The molecule has 0 spiro atoms. The number of likely N-dealkylation sites (tertiary alicyclic amines) is 1. The third-order valence-corrected chi connectivity index (χ3v) is 4.11. The summed E-state index contributed by atoms with van der Waals surface area (Å²) in [6.45, 7) is 5.17. The number of carbonyl (C=O) groups excluding carboxylic acids is 2. The summed E-state index contributed by atoms with van der Waals surface area (Å²) in [5, 5.41) is 0. The summed E-state index contributed by atoms with van der Waals surface area (Å²) in [7, 11) is 0. The minimum Gasteiger partial charge on any atom is -0.377 e. The Kier molecular flexibility index (Phi) is 4.38. The molecule has 2 saturated heterocycles. The number of ether oxygens (including phenoxy) is 1. The Morgan fingerprint density at radius 3 is 2.78 bits per heavy atom. The van der Waals surface area contributed by atoms with Gasteiger partial charge in [0.1, 0.15) is 5.78 Å². The van der Waals surface area contributed by atoms with E-state index in [9.17, 15) is 9.59 Å². The van der Waals surface area contributed by atoms with E-state index in [0.29, 0.717) is 13.0 Å². The highest BCUT2D eigenvalue weighted by Crippen LogP contribution is 2.29. The zero-order valence-electron chi connectivity index (χ0n) is 11.4. The number of carbonyl (C=O) groups is 2. The molecule has 3 atom stereocenters. The van der Waals surface area contributed by atoms with Crippen LogP contribution in [0.4, 0.5) is 0 Å². The molecule has 1 amide bonds. The minimum atomic E-state index is 0.0163. The van der Waals surface area contributed by atoms with E-state index >= 15 is 0 Å². The van der Waals surface area contributed by atoms with Crippen molar-refractivity contribution in [2.24, 2.45) is 5.92 Å². The predicted molar refractivity (Wildman–Crippen MR) is 68.2 cm³/mol. The summed E-state index contributed by atoms with van der Waals surface area (Å²) < 4.78 is 5.60. The fraction of sp³-hybridized carbons (Fsp3) is 0.857. The van der Waals surface area contributed by atoms with Crippen LogP contribution in [-0.4, -0.2) is 41.9 Å². The molecule has 2 heterocycles. The summed E-state index contributed by atoms with van der Waals surface area (Å²) in [6, 6.07) is 0.133. The molecule has 2 rings (SSSR count). The lowest BCUT2D eigenvalue weighted by atomic mass is 9.97. The Morgan fingerprint density at radius 2 is 2.11 bits per heavy atom. The second kappa shape index (κ2) is 5.83. The number of hydrogen-bond donors (Lipinski definition) is 0. The van der Waals surface area contributed by atoms with E-state index in [-0.39, 0.29) is 29.8 Å². The zero-order chi connectivity index (χ0) is 13.1. The molecule has 3 unspecified atom stereocenters. The molecule has 0 aromatic carbocycles. The van der Waals surface area contributed by atoms with Gasteiger partial charge in [-0.2, -0.15) is 0 Å². The third kappa shape index (κ3) is 2.74. The largest absolute Gasteiger partial charge is 0.377 e. The number of hydrogen-bond acceptors (Lipinski definition) is 3. The molecule has 2 fully saturated rings. The van der Waals surface area contributed by atoms with E-state index in [1.807, 2.05) is 4.90 Å². The van der Waals surface area contributed by atoms with Crippen LogP contribution >= 0.6 is 0 Å². The second-order valence-corrected chi connectivity index (χ2v) is 5.45. The maximum atomic E-state index is 12.5. The highest BCUT2D eigenvalue weighted by Gasteiger charge is 2.39. The van der Waals surface area contributed by atoms with Crippen LogP contribution in [0.15, 0.2) is 0 Å². The van der Waals surface area contributed by atoms with E-state index < -0.39 is 0 Å². The van der Waals surface area contributed by atoms with Crippen LogP contribution in [0.25, 0.3) is 0 Å². The monoisotopic (exact) mass is 253 g/mol. The Labute approximate surface area is 109 Å². The Balaban J connectivity index is 2.01. The van der Waals surface area contributed by atoms with Crippen molar-refractivity contribution in [1.82, 2.24) is 4.90 Å². The molecule has 0 aliphatic carbocycles. The first-order valence-electron chi connectivity index (χ1n) is 7.05. The Hall–Kier alpha value is -0.900. The van der Waals surface area contributed by atoms with Crippen LogP contribution in [0.2, 0.25) is 0 Å². The second-order valence-electron chi connectivity index (χ2n) is 5.45.